The Labute approximate surface area is 215 Å². The third-order valence-electron chi connectivity index (χ3n) is 8.09. The van der Waals surface area contributed by atoms with Gasteiger partial charge in [-0.05, 0) is 58.6 Å². The number of hydrogen-bond acceptors (Lipinski definition) is 10. The minimum Gasteiger partial charge on any atom is -0.507 e. The van der Waals surface area contributed by atoms with Crippen LogP contribution in [0.5, 0.6) is 5.75 Å². The van der Waals surface area contributed by atoms with E-state index in [1.165, 1.54) is 4.90 Å². The normalized spacial score (nSPS) is 31.3. The molecular weight excluding hydrogens is 480 g/mol. The van der Waals surface area contributed by atoms with Crippen LogP contribution >= 0.6 is 0 Å². The van der Waals surface area contributed by atoms with Crippen molar-refractivity contribution < 1.29 is 34.2 Å². The van der Waals surface area contributed by atoms with Crippen molar-refractivity contribution >= 4 is 34.7 Å². The van der Waals surface area contributed by atoms with Gasteiger partial charge in [0.2, 0.25) is 5.91 Å². The summed E-state index contributed by atoms with van der Waals surface area (Å²) in [6.45, 7) is 0.340. The third-order valence-corrected chi connectivity index (χ3v) is 8.09. The number of rotatable bonds is 5. The molecule has 200 valence electrons. The van der Waals surface area contributed by atoms with Gasteiger partial charge in [-0.1, -0.05) is 0 Å². The molecule has 4 rings (SSSR count). The minimum atomic E-state index is -2.72. The van der Waals surface area contributed by atoms with Crippen LogP contribution in [0.15, 0.2) is 6.07 Å². The first-order chi connectivity index (χ1) is 17.1. The number of aliphatic hydroxyl groups is 1. The van der Waals surface area contributed by atoms with Crippen molar-refractivity contribution in [3.8, 4) is 5.75 Å². The Balaban J connectivity index is 1.90. The molecular formula is C26H34N4O7. The van der Waals surface area contributed by atoms with E-state index in [4.69, 9.17) is 5.73 Å². The Morgan fingerprint density at radius 3 is 2.22 bits per heavy atom. The highest BCUT2D eigenvalue weighted by molar-refractivity contribution is 6.32. The van der Waals surface area contributed by atoms with E-state index in [-0.39, 0.29) is 24.2 Å². The number of phenolic OH excluding ortho intramolecular Hbond substituents is 1. The number of primary amides is 1. The molecule has 0 aromatic heterocycles. The molecule has 3 aliphatic rings. The van der Waals surface area contributed by atoms with Crippen LogP contribution in [-0.2, 0) is 32.1 Å². The van der Waals surface area contributed by atoms with Crippen molar-refractivity contribution in [1.29, 1.82) is 0 Å². The van der Waals surface area contributed by atoms with Crippen molar-refractivity contribution in [1.82, 2.24) is 9.80 Å². The molecule has 1 amide bonds. The molecule has 1 aromatic rings. The summed E-state index contributed by atoms with van der Waals surface area (Å²) in [6.07, 6.45) is 0.256. The summed E-state index contributed by atoms with van der Waals surface area (Å²) in [7, 11) is 10.4. The fourth-order valence-electron chi connectivity index (χ4n) is 6.57. The fourth-order valence-corrected chi connectivity index (χ4v) is 6.57. The molecule has 11 heteroatoms. The number of aromatic hydroxyl groups is 1. The van der Waals surface area contributed by atoms with Gasteiger partial charge in [-0.25, -0.2) is 0 Å². The van der Waals surface area contributed by atoms with E-state index in [1.807, 2.05) is 44.1 Å². The smallest absolute Gasteiger partial charge is 0.235 e. The number of amides is 1. The minimum absolute atomic E-state index is 0.00893. The monoisotopic (exact) mass is 514 g/mol. The molecule has 2 unspecified atom stereocenters. The Morgan fingerprint density at radius 1 is 1.08 bits per heavy atom. The van der Waals surface area contributed by atoms with Crippen LogP contribution < -0.4 is 10.6 Å². The van der Waals surface area contributed by atoms with Crippen LogP contribution in [0.3, 0.4) is 0 Å². The number of likely N-dealkylation sites (N-methyl/N-ethyl adjacent to an activating group) is 1. The number of fused-ring (bicyclic) bond motifs is 3. The predicted octanol–water partition coefficient (Wildman–Crippen LogP) is -1.01. The van der Waals surface area contributed by atoms with E-state index in [9.17, 15) is 34.2 Å². The van der Waals surface area contributed by atoms with Crippen LogP contribution in [0.1, 0.15) is 27.9 Å². The quantitative estimate of drug-likeness (QED) is 0.415. The number of carbonyl (C=O) groups excluding carboxylic acids is 5. The van der Waals surface area contributed by atoms with E-state index < -0.39 is 64.4 Å². The number of carbonyl (C=O) groups is 5. The Hall–Kier alpha value is -3.15. The number of benzene rings is 1. The van der Waals surface area contributed by atoms with Crippen LogP contribution in [0.25, 0.3) is 0 Å². The van der Waals surface area contributed by atoms with Crippen molar-refractivity contribution in [3.05, 3.63) is 22.8 Å². The first kappa shape index (κ1) is 26.9. The highest BCUT2D eigenvalue weighted by Crippen LogP contribution is 2.52. The molecule has 11 nitrogen and oxygen atoms in total. The lowest BCUT2D eigenvalue weighted by Crippen LogP contribution is -2.74. The van der Waals surface area contributed by atoms with Gasteiger partial charge in [0.25, 0.3) is 0 Å². The maximum absolute atomic E-state index is 13.9. The van der Waals surface area contributed by atoms with E-state index >= 15 is 0 Å². The average Bonchev–Trinajstić information content (AvgIpc) is 2.77. The van der Waals surface area contributed by atoms with Crippen LogP contribution in [0.4, 0.5) is 5.69 Å². The van der Waals surface area contributed by atoms with Gasteiger partial charge in [-0.3, -0.25) is 28.9 Å². The molecule has 1 aromatic carbocycles. The van der Waals surface area contributed by atoms with Gasteiger partial charge in [-0.15, -0.1) is 0 Å². The summed E-state index contributed by atoms with van der Waals surface area (Å²) in [4.78, 5) is 71.5. The van der Waals surface area contributed by atoms with Crippen molar-refractivity contribution in [2.45, 2.75) is 31.0 Å². The number of anilines is 1. The topological polar surface area (TPSA) is 162 Å². The molecule has 4 N–H and O–H groups in total. The summed E-state index contributed by atoms with van der Waals surface area (Å²) in [6, 6.07) is 0.696. The van der Waals surface area contributed by atoms with Crippen LogP contribution in [0.2, 0.25) is 0 Å². The van der Waals surface area contributed by atoms with Crippen molar-refractivity contribution in [2.24, 2.45) is 29.4 Å². The second-order valence-electron chi connectivity index (χ2n) is 11.2. The number of ketones is 4. The standard InChI is InChI=1S/C26H34N4O7/c1-28(2)10-12-9-15(29(3)4)13-7-11-8-14-19(30(5)6)22(33)18(25(27)36)24(35)26(14,37)23(34)16(11)21(32)17(13)20(12)31/h9,11,14,16,18-19,31,37H,7-8,10H2,1-6H3,(H2,27,36)/t11-,14-,16?,18?,19-,26-/m0/s1. The van der Waals surface area contributed by atoms with Crippen LogP contribution in [0, 0.1) is 23.7 Å². The lowest BCUT2D eigenvalue weighted by Gasteiger charge is -2.52. The Bertz CT molecular complexity index is 1220. The molecule has 37 heavy (non-hydrogen) atoms. The lowest BCUT2D eigenvalue weighted by molar-refractivity contribution is -0.181. The molecule has 0 aliphatic heterocycles. The SMILES string of the molecule is CN(C)Cc1cc(N(C)C)c2c(c1O)C(=O)C1C(=O)[C@]3(O)C(=O)C(C(N)=O)C(=O)[C@@H](N(C)C)[C@@H]3C[C@@H]1C2. The maximum Gasteiger partial charge on any atom is 0.235 e. The zero-order valence-corrected chi connectivity index (χ0v) is 21.9. The van der Waals surface area contributed by atoms with Gasteiger partial charge in [0.15, 0.2) is 34.7 Å². The molecule has 0 heterocycles. The van der Waals surface area contributed by atoms with Gasteiger partial charge < -0.3 is 25.7 Å². The summed E-state index contributed by atoms with van der Waals surface area (Å²) >= 11 is 0. The number of nitrogens with zero attached hydrogens (tertiary/aromatic N) is 3. The van der Waals surface area contributed by atoms with Crippen molar-refractivity contribution in [3.63, 3.8) is 0 Å². The van der Waals surface area contributed by atoms with Gasteiger partial charge in [0.05, 0.1) is 17.5 Å². The fraction of sp³-hybridized carbons (Fsp3) is 0.577. The first-order valence-electron chi connectivity index (χ1n) is 12.2. The molecule has 0 saturated heterocycles. The molecule has 6 atom stereocenters. The summed E-state index contributed by atoms with van der Waals surface area (Å²) < 4.78 is 0. The largest absolute Gasteiger partial charge is 0.507 e. The lowest BCUT2D eigenvalue weighted by atomic mass is 9.52. The summed E-state index contributed by atoms with van der Waals surface area (Å²) in [5, 5.41) is 22.8. The maximum atomic E-state index is 13.9. The highest BCUT2D eigenvalue weighted by Gasteiger charge is 2.69. The number of nitrogens with two attached hydrogens (primary N) is 1. The number of Topliss-reactive ketones (excluding diaryl/α,β-unsaturated/α-hetero) is 4. The molecule has 0 spiro atoms. The molecule has 3 aliphatic carbocycles. The van der Waals surface area contributed by atoms with E-state index in [0.29, 0.717) is 17.7 Å². The van der Waals surface area contributed by atoms with E-state index in [0.717, 1.165) is 5.69 Å². The first-order valence-corrected chi connectivity index (χ1v) is 12.2. The zero-order chi connectivity index (χ0) is 27.7. The Morgan fingerprint density at radius 2 is 1.70 bits per heavy atom. The number of phenols is 1. The predicted molar refractivity (Wildman–Crippen MR) is 133 cm³/mol. The molecule has 2 fully saturated rings. The summed E-state index contributed by atoms with van der Waals surface area (Å²) in [5.41, 5.74) is 4.44. The van der Waals surface area contributed by atoms with E-state index in [2.05, 4.69) is 0 Å². The number of hydrogen-bond donors (Lipinski definition) is 3. The molecule has 0 radical (unpaired) electrons. The zero-order valence-electron chi connectivity index (χ0n) is 21.9. The second-order valence-corrected chi connectivity index (χ2v) is 11.2. The van der Waals surface area contributed by atoms with Crippen LogP contribution in [-0.4, -0.2) is 103 Å². The van der Waals surface area contributed by atoms with E-state index in [1.54, 1.807) is 14.1 Å². The van der Waals surface area contributed by atoms with Gasteiger partial charge in [0, 0.05) is 37.8 Å². The van der Waals surface area contributed by atoms with Gasteiger partial charge in [0.1, 0.15) is 5.75 Å². The molecule has 0 bridgehead atoms. The third kappa shape index (κ3) is 3.79. The second kappa shape index (κ2) is 9.00. The molecule has 2 saturated carbocycles. The Kier molecular flexibility index (Phi) is 6.54. The highest BCUT2D eigenvalue weighted by atomic mass is 16.3. The van der Waals surface area contributed by atoms with Crippen molar-refractivity contribution in [2.75, 3.05) is 47.2 Å². The van der Waals surface area contributed by atoms with Gasteiger partial charge >= 0.3 is 0 Å². The average molecular weight is 515 g/mol. The van der Waals surface area contributed by atoms with Gasteiger partial charge in [-0.2, -0.15) is 0 Å². The summed E-state index contributed by atoms with van der Waals surface area (Å²) in [5.74, 6) is -10.4.